The Kier molecular flexibility index (Phi) is 7.63. The molecule has 36 heavy (non-hydrogen) atoms. The van der Waals surface area contributed by atoms with E-state index in [1.54, 1.807) is 12.1 Å². The Morgan fingerprint density at radius 3 is 2.11 bits per heavy atom. The summed E-state index contributed by atoms with van der Waals surface area (Å²) in [5.41, 5.74) is 5.26. The molecule has 0 saturated heterocycles. The molecule has 0 aliphatic carbocycles. The highest BCUT2D eigenvalue weighted by Gasteiger charge is 2.36. The van der Waals surface area contributed by atoms with Crippen molar-refractivity contribution in [1.82, 2.24) is 0 Å². The normalized spacial score (nSPS) is 15.0. The maximum Gasteiger partial charge on any atom is 0.337 e. The molecule has 3 aromatic rings. The number of fused-ring (bicyclic) bond motifs is 1. The molecule has 0 aromatic heterocycles. The molecular formula is C30H33NO5. The summed E-state index contributed by atoms with van der Waals surface area (Å²) in [6, 6.07) is 18.9. The molecule has 0 fully saturated rings. The van der Waals surface area contributed by atoms with Crippen LogP contribution in [0.5, 0.6) is 11.5 Å². The molecule has 1 aliphatic heterocycles. The molecule has 1 atom stereocenters. The third-order valence-corrected chi connectivity index (χ3v) is 6.45. The summed E-state index contributed by atoms with van der Waals surface area (Å²) < 4.78 is 16.6. The third kappa shape index (κ3) is 4.94. The fourth-order valence-corrected chi connectivity index (χ4v) is 4.65. The zero-order valence-electron chi connectivity index (χ0n) is 21.5. The molecule has 6 heteroatoms. The van der Waals surface area contributed by atoms with Gasteiger partial charge >= 0.3 is 5.97 Å². The molecule has 1 amide bonds. The summed E-state index contributed by atoms with van der Waals surface area (Å²) in [5.74, 6) is 1.28. The molecule has 0 saturated carbocycles. The Morgan fingerprint density at radius 2 is 1.56 bits per heavy atom. The van der Waals surface area contributed by atoms with Crippen molar-refractivity contribution in [1.29, 1.82) is 0 Å². The highest BCUT2D eigenvalue weighted by molar-refractivity contribution is 5.98. The summed E-state index contributed by atoms with van der Waals surface area (Å²) in [5, 5.41) is 0. The number of carbonyl (C=O) groups is 2. The van der Waals surface area contributed by atoms with Crippen LogP contribution in [0.25, 0.3) is 0 Å². The zero-order chi connectivity index (χ0) is 25.8. The van der Waals surface area contributed by atoms with Crippen LogP contribution in [-0.4, -0.2) is 32.2 Å². The fourth-order valence-electron chi connectivity index (χ4n) is 4.65. The van der Waals surface area contributed by atoms with Gasteiger partial charge in [-0.25, -0.2) is 4.79 Å². The lowest BCUT2D eigenvalue weighted by molar-refractivity contribution is -0.118. The van der Waals surface area contributed by atoms with E-state index in [1.165, 1.54) is 12.7 Å². The van der Waals surface area contributed by atoms with Crippen molar-refractivity contribution in [3.63, 3.8) is 0 Å². The Balaban J connectivity index is 1.88. The van der Waals surface area contributed by atoms with Gasteiger partial charge in [-0.05, 0) is 78.4 Å². The first kappa shape index (κ1) is 25.3. The second-order valence-corrected chi connectivity index (χ2v) is 9.07. The van der Waals surface area contributed by atoms with Crippen molar-refractivity contribution in [3.05, 3.63) is 88.5 Å². The minimum Gasteiger partial charge on any atom is -0.490 e. The van der Waals surface area contributed by atoms with Crippen LogP contribution in [0.4, 0.5) is 5.69 Å². The first-order valence-corrected chi connectivity index (χ1v) is 12.4. The molecule has 1 heterocycles. The number of esters is 1. The largest absolute Gasteiger partial charge is 0.490 e. The molecule has 0 N–H and O–H groups in total. The van der Waals surface area contributed by atoms with Crippen LogP contribution < -0.4 is 14.4 Å². The van der Waals surface area contributed by atoms with Gasteiger partial charge in [0.05, 0.1) is 38.3 Å². The van der Waals surface area contributed by atoms with E-state index in [0.29, 0.717) is 36.2 Å². The highest BCUT2D eigenvalue weighted by atomic mass is 16.5. The summed E-state index contributed by atoms with van der Waals surface area (Å²) in [7, 11) is 1.36. The van der Waals surface area contributed by atoms with Gasteiger partial charge in [0.25, 0.3) is 0 Å². The quantitative estimate of drug-likeness (QED) is 0.361. The van der Waals surface area contributed by atoms with E-state index in [1.807, 2.05) is 55.1 Å². The van der Waals surface area contributed by atoms with E-state index in [4.69, 9.17) is 14.2 Å². The van der Waals surface area contributed by atoms with Crippen molar-refractivity contribution in [2.24, 2.45) is 0 Å². The first-order chi connectivity index (χ1) is 17.4. The highest BCUT2D eigenvalue weighted by Crippen LogP contribution is 2.43. The SMILES string of the molecule is CCOc1cc2c(cc1OCC)[C@@H](c1ccc(C(=O)OC)cc1)N(c1ccc(C(C)C)cc1)C(=O)C2. The first-order valence-electron chi connectivity index (χ1n) is 12.4. The van der Waals surface area contributed by atoms with Gasteiger partial charge in [-0.2, -0.15) is 0 Å². The van der Waals surface area contributed by atoms with Crippen LogP contribution in [0.1, 0.15) is 72.3 Å². The lowest BCUT2D eigenvalue weighted by atomic mass is 9.86. The van der Waals surface area contributed by atoms with Crippen molar-refractivity contribution >= 4 is 17.6 Å². The van der Waals surface area contributed by atoms with E-state index in [-0.39, 0.29) is 12.3 Å². The molecule has 188 valence electrons. The number of hydrogen-bond acceptors (Lipinski definition) is 5. The number of rotatable bonds is 8. The molecule has 4 rings (SSSR count). The van der Waals surface area contributed by atoms with Gasteiger partial charge in [-0.15, -0.1) is 0 Å². The van der Waals surface area contributed by atoms with E-state index in [2.05, 4.69) is 26.0 Å². The number of carbonyl (C=O) groups excluding carboxylic acids is 2. The average Bonchev–Trinajstić information content (AvgIpc) is 2.88. The van der Waals surface area contributed by atoms with Gasteiger partial charge in [0, 0.05) is 5.69 Å². The summed E-state index contributed by atoms with van der Waals surface area (Å²) in [6.07, 6.45) is 0.254. The maximum absolute atomic E-state index is 13.6. The molecular weight excluding hydrogens is 454 g/mol. The minimum absolute atomic E-state index is 0.00607. The molecule has 6 nitrogen and oxygen atoms in total. The average molecular weight is 488 g/mol. The van der Waals surface area contributed by atoms with E-state index < -0.39 is 12.0 Å². The zero-order valence-corrected chi connectivity index (χ0v) is 21.5. The summed E-state index contributed by atoms with van der Waals surface area (Å²) >= 11 is 0. The predicted molar refractivity (Wildman–Crippen MR) is 140 cm³/mol. The standard InChI is InChI=1S/C30H33NO5/c1-6-35-26-16-23-17-28(32)31(24-14-12-20(13-15-24)19(3)4)29(25(23)18-27(26)36-7-2)21-8-10-22(11-9-21)30(33)34-5/h8-16,18-19,29H,6-7,17H2,1-5H3/t29-/m1/s1. The Labute approximate surface area is 212 Å². The second kappa shape index (κ2) is 10.9. The van der Waals surface area contributed by atoms with Gasteiger partial charge in [-0.1, -0.05) is 38.1 Å². The summed E-state index contributed by atoms with van der Waals surface area (Å²) in [6.45, 7) is 9.15. The Bertz CT molecular complexity index is 1230. The van der Waals surface area contributed by atoms with Gasteiger partial charge in [-0.3, -0.25) is 4.79 Å². The Hall–Kier alpha value is -3.80. The number of hydrogen-bond donors (Lipinski definition) is 0. The predicted octanol–water partition coefficient (Wildman–Crippen LogP) is 6.07. The van der Waals surface area contributed by atoms with Crippen LogP contribution >= 0.6 is 0 Å². The number of ether oxygens (including phenoxy) is 3. The molecule has 0 bridgehead atoms. The third-order valence-electron chi connectivity index (χ3n) is 6.45. The van der Waals surface area contributed by atoms with E-state index in [0.717, 1.165) is 22.4 Å². The molecule has 0 unspecified atom stereocenters. The fraction of sp³-hybridized carbons (Fsp3) is 0.333. The van der Waals surface area contributed by atoms with Crippen LogP contribution in [0.3, 0.4) is 0 Å². The number of anilines is 1. The van der Waals surface area contributed by atoms with E-state index in [9.17, 15) is 9.59 Å². The monoisotopic (exact) mass is 487 g/mol. The van der Waals surface area contributed by atoms with Gasteiger partial charge in [0.1, 0.15) is 0 Å². The number of benzene rings is 3. The topological polar surface area (TPSA) is 65.1 Å². The van der Waals surface area contributed by atoms with E-state index >= 15 is 0 Å². The second-order valence-electron chi connectivity index (χ2n) is 9.07. The molecule has 0 spiro atoms. The molecule has 1 aliphatic rings. The van der Waals surface area contributed by atoms with Crippen molar-refractivity contribution in [2.45, 2.75) is 46.1 Å². The summed E-state index contributed by atoms with van der Waals surface area (Å²) in [4.78, 5) is 27.5. The van der Waals surface area contributed by atoms with Crippen LogP contribution in [0, 0.1) is 0 Å². The van der Waals surface area contributed by atoms with Gasteiger partial charge < -0.3 is 19.1 Å². The molecule has 0 radical (unpaired) electrons. The number of nitrogens with zero attached hydrogens (tertiary/aromatic N) is 1. The van der Waals surface area contributed by atoms with Gasteiger partial charge in [0.2, 0.25) is 5.91 Å². The Morgan fingerprint density at radius 1 is 0.944 bits per heavy atom. The van der Waals surface area contributed by atoms with Crippen molar-refractivity contribution in [3.8, 4) is 11.5 Å². The lowest BCUT2D eigenvalue weighted by Crippen LogP contribution is -2.41. The van der Waals surface area contributed by atoms with Crippen LogP contribution in [0.15, 0.2) is 60.7 Å². The van der Waals surface area contributed by atoms with Crippen molar-refractivity contribution < 1.29 is 23.8 Å². The van der Waals surface area contributed by atoms with Crippen LogP contribution in [0.2, 0.25) is 0 Å². The van der Waals surface area contributed by atoms with Gasteiger partial charge in [0.15, 0.2) is 11.5 Å². The smallest absolute Gasteiger partial charge is 0.337 e. The number of methoxy groups -OCH3 is 1. The molecule has 3 aromatic carbocycles. The van der Waals surface area contributed by atoms with Crippen molar-refractivity contribution in [2.75, 3.05) is 25.2 Å². The maximum atomic E-state index is 13.6. The number of amides is 1. The minimum atomic E-state index is -0.400. The van der Waals surface area contributed by atoms with Crippen LogP contribution in [-0.2, 0) is 16.0 Å². The lowest BCUT2D eigenvalue weighted by Gasteiger charge is -2.38.